The largest absolute Gasteiger partial charge is 0.693 e. The van der Waals surface area contributed by atoms with Gasteiger partial charge in [-0.05, 0) is 0 Å². The van der Waals surface area contributed by atoms with Gasteiger partial charge < -0.3 is 36.9 Å². The summed E-state index contributed by atoms with van der Waals surface area (Å²) >= 11 is 0. The first-order chi connectivity index (χ1) is 0. The van der Waals surface area contributed by atoms with Gasteiger partial charge in [0.2, 0.25) is 0 Å². The van der Waals surface area contributed by atoms with Gasteiger partial charge in [0, 0.05) is 20.1 Å². The van der Waals surface area contributed by atoms with Crippen molar-refractivity contribution < 1.29 is 20.1 Å². The second kappa shape index (κ2) is 1120. The summed E-state index contributed by atoms with van der Waals surface area (Å²) in [5.41, 5.74) is 0. The normalized spacial score (nSPS) is 0. The van der Waals surface area contributed by atoms with Gasteiger partial charge in [-0.3, -0.25) is 0 Å². The van der Waals surface area contributed by atoms with Crippen molar-refractivity contribution in [3.8, 4) is 0 Å². The first kappa shape index (κ1) is 1820. The summed E-state index contributed by atoms with van der Waals surface area (Å²) in [4.78, 5) is 0. The van der Waals surface area contributed by atoms with Gasteiger partial charge in [0.15, 0.2) is 0 Å². The second-order valence-corrected chi connectivity index (χ2v) is 0. The third-order valence-electron chi connectivity index (χ3n) is 0. The average molecular weight is 288 g/mol. The zero-order chi connectivity index (χ0) is 0. The van der Waals surface area contributed by atoms with E-state index in [-0.39, 0.29) is 57.0 Å². The Morgan fingerprint density at radius 1 is 0.286 bits per heavy atom. The first-order valence-corrected chi connectivity index (χ1v) is 0. The van der Waals surface area contributed by atoms with Crippen molar-refractivity contribution in [3.63, 3.8) is 0 Å². The molecule has 7 heavy (non-hydrogen) atoms. The molecule has 0 aliphatic carbocycles. The molecule has 6 nitrogen and oxygen atoms in total. The van der Waals surface area contributed by atoms with Crippen molar-refractivity contribution in [1.82, 2.24) is 0 Å². The fourth-order valence-corrected chi connectivity index (χ4v) is 0. The summed E-state index contributed by atoms with van der Waals surface area (Å²) in [5, 5.41) is 0. The molecular weight excluding hydrogens is 276 g/mol. The van der Waals surface area contributed by atoms with Crippen LogP contribution in [0.5, 0.6) is 0 Å². The second-order valence-electron chi connectivity index (χ2n) is 0. The van der Waals surface area contributed by atoms with Crippen LogP contribution in [0.2, 0.25) is 0 Å². The molecule has 57 valence electrons. The number of rotatable bonds is 0. The van der Waals surface area contributed by atoms with E-state index >= 15 is 0 Å². The molecule has 0 rings (SSSR count). The molecule has 0 saturated heterocycles. The molecular formula is H12IrN6-6. The Morgan fingerprint density at radius 3 is 0.286 bits per heavy atom. The van der Waals surface area contributed by atoms with Crippen LogP contribution in [0, 0.1) is 0 Å². The van der Waals surface area contributed by atoms with Gasteiger partial charge in [-0.15, -0.1) is 0 Å². The molecule has 1 radical (unpaired) electrons. The summed E-state index contributed by atoms with van der Waals surface area (Å²) in [6.07, 6.45) is 0. The van der Waals surface area contributed by atoms with Gasteiger partial charge in [0.25, 0.3) is 0 Å². The molecule has 7 heteroatoms. The van der Waals surface area contributed by atoms with E-state index in [1.165, 1.54) is 0 Å². The van der Waals surface area contributed by atoms with Gasteiger partial charge in [-0.2, -0.15) is 0 Å². The third-order valence-corrected chi connectivity index (χ3v) is 0. The smallest absolute Gasteiger partial charge is 0 e. The van der Waals surface area contributed by atoms with Crippen LogP contribution in [0.15, 0.2) is 0 Å². The molecule has 0 amide bonds. The molecule has 0 bridgehead atoms. The standard InChI is InChI=1S/Ir.6H2N/h;6*1H2/q;6*-1. The summed E-state index contributed by atoms with van der Waals surface area (Å²) in [6, 6.07) is 0. The molecule has 0 aromatic heterocycles. The van der Waals surface area contributed by atoms with Gasteiger partial charge in [0.1, 0.15) is 0 Å². The van der Waals surface area contributed by atoms with E-state index in [2.05, 4.69) is 0 Å². The molecule has 0 aliphatic rings. The maximum absolute atomic E-state index is 0. The van der Waals surface area contributed by atoms with Gasteiger partial charge >= 0.3 is 0 Å². The fourth-order valence-electron chi connectivity index (χ4n) is 0. The van der Waals surface area contributed by atoms with E-state index in [0.29, 0.717) is 0 Å². The van der Waals surface area contributed by atoms with E-state index in [1.807, 2.05) is 0 Å². The van der Waals surface area contributed by atoms with Crippen LogP contribution in [0.3, 0.4) is 0 Å². The van der Waals surface area contributed by atoms with E-state index < -0.39 is 0 Å². The number of nitrogens with two attached hydrogens (primary N) is 6. The molecule has 0 atom stereocenters. The predicted molar refractivity (Wildman–Crippen MR) is 31.7 cm³/mol. The summed E-state index contributed by atoms with van der Waals surface area (Å²) < 4.78 is 0. The molecule has 0 aromatic rings. The van der Waals surface area contributed by atoms with Crippen LogP contribution in [0.1, 0.15) is 0 Å². The van der Waals surface area contributed by atoms with Crippen LogP contribution < -0.4 is 0 Å². The zero-order valence-electron chi connectivity index (χ0n) is 3.80. The van der Waals surface area contributed by atoms with Crippen LogP contribution in [-0.4, -0.2) is 0 Å². The monoisotopic (exact) mass is 289 g/mol. The quantitative estimate of drug-likeness (QED) is 0.611. The Bertz CT molecular complexity index is 4.14. The van der Waals surface area contributed by atoms with E-state index in [4.69, 9.17) is 0 Å². The Kier molecular flexibility index (Phi) is 290000. The minimum Gasteiger partial charge on any atom is -0.693 e. The molecule has 0 spiro atoms. The van der Waals surface area contributed by atoms with Crippen molar-refractivity contribution in [1.29, 1.82) is 0 Å². The Labute approximate surface area is 57.7 Å². The zero-order valence-corrected chi connectivity index (χ0v) is 6.19. The SMILES string of the molecule is [Ir].[NH2-].[NH2-].[NH2-].[NH2-].[NH2-].[NH2-]. The maximum atomic E-state index is 0. The topological polar surface area (TPSA) is 201 Å². The number of hydrogen-bond acceptors (Lipinski definition) is 0. The van der Waals surface area contributed by atoms with Crippen molar-refractivity contribution >= 4 is 0 Å². The average Bonchev–Trinajstić information content (AvgIpc) is 0. The maximum Gasteiger partial charge on any atom is 0 e. The van der Waals surface area contributed by atoms with E-state index in [9.17, 15) is 0 Å². The number of hydrogen-bond donors (Lipinski definition) is 0. The van der Waals surface area contributed by atoms with Crippen molar-refractivity contribution in [2.45, 2.75) is 0 Å². The summed E-state index contributed by atoms with van der Waals surface area (Å²) in [7, 11) is 0. The molecule has 0 fully saturated rings. The van der Waals surface area contributed by atoms with Crippen LogP contribution in [-0.2, 0) is 20.1 Å². The van der Waals surface area contributed by atoms with Crippen LogP contribution >= 0.6 is 0 Å². The fraction of sp³-hybridized carbons (Fsp3) is 0. The summed E-state index contributed by atoms with van der Waals surface area (Å²) in [6.45, 7) is 0. The van der Waals surface area contributed by atoms with Gasteiger partial charge in [0.05, 0.1) is 0 Å². The van der Waals surface area contributed by atoms with Crippen molar-refractivity contribution in [2.75, 3.05) is 0 Å². The molecule has 0 aromatic carbocycles. The van der Waals surface area contributed by atoms with Crippen LogP contribution in [0.4, 0.5) is 0 Å². The van der Waals surface area contributed by atoms with Crippen molar-refractivity contribution in [3.05, 3.63) is 36.9 Å². The Morgan fingerprint density at radius 2 is 0.286 bits per heavy atom. The molecule has 0 heterocycles. The Hall–Kier alpha value is 0.409. The first-order valence-electron chi connectivity index (χ1n) is 0. The van der Waals surface area contributed by atoms with E-state index in [1.54, 1.807) is 0 Å². The van der Waals surface area contributed by atoms with Crippen molar-refractivity contribution in [2.24, 2.45) is 0 Å². The molecule has 0 aliphatic heterocycles. The summed E-state index contributed by atoms with van der Waals surface area (Å²) in [5.74, 6) is 0. The van der Waals surface area contributed by atoms with Gasteiger partial charge in [-0.1, -0.05) is 0 Å². The third kappa shape index (κ3) is 744. The molecule has 0 unspecified atom stereocenters. The minimum absolute atomic E-state index is 0. The Balaban J connectivity index is 0. The molecule has 12 N–H and O–H groups in total. The van der Waals surface area contributed by atoms with E-state index in [0.717, 1.165) is 0 Å². The molecule has 0 saturated carbocycles. The predicted octanol–water partition coefficient (Wildman–Crippen LogP) is 4.30. The van der Waals surface area contributed by atoms with Crippen LogP contribution in [0.25, 0.3) is 36.9 Å². The minimum atomic E-state index is 0. The van der Waals surface area contributed by atoms with Gasteiger partial charge in [-0.25, -0.2) is 0 Å².